The molecule has 0 spiro atoms. The smallest absolute Gasteiger partial charge is 0.133 e. The summed E-state index contributed by atoms with van der Waals surface area (Å²) < 4.78 is 5.06. The molecule has 1 aromatic rings. The van der Waals surface area contributed by atoms with Crippen molar-refractivity contribution >= 4 is 0 Å². The monoisotopic (exact) mass is 209 g/mol. The molecular formula is C11H19N3O. The predicted molar refractivity (Wildman–Crippen MR) is 58.6 cm³/mol. The summed E-state index contributed by atoms with van der Waals surface area (Å²) in [5.74, 6) is 0.892. The van der Waals surface area contributed by atoms with Crippen LogP contribution in [0.15, 0.2) is 10.6 Å². The van der Waals surface area contributed by atoms with Crippen LogP contribution in [0.5, 0.6) is 0 Å². The molecule has 84 valence electrons. The highest BCUT2D eigenvalue weighted by atomic mass is 16.5. The molecule has 15 heavy (non-hydrogen) atoms. The fourth-order valence-corrected chi connectivity index (χ4v) is 2.12. The Morgan fingerprint density at radius 2 is 2.27 bits per heavy atom. The Hall–Kier alpha value is -0.870. The lowest BCUT2D eigenvalue weighted by Gasteiger charge is -2.30. The van der Waals surface area contributed by atoms with E-state index in [1.807, 2.05) is 13.0 Å². The van der Waals surface area contributed by atoms with Crippen LogP contribution in [0.3, 0.4) is 0 Å². The fourth-order valence-electron chi connectivity index (χ4n) is 2.12. The highest BCUT2D eigenvalue weighted by Gasteiger charge is 2.18. The van der Waals surface area contributed by atoms with Crippen molar-refractivity contribution in [2.75, 3.05) is 20.1 Å². The summed E-state index contributed by atoms with van der Waals surface area (Å²) in [5.41, 5.74) is 1.04. The largest absolute Gasteiger partial charge is 0.361 e. The molecule has 1 N–H and O–H groups in total. The van der Waals surface area contributed by atoms with E-state index in [9.17, 15) is 0 Å². The van der Waals surface area contributed by atoms with Crippen LogP contribution in [0.1, 0.15) is 24.3 Å². The predicted octanol–water partition coefficient (Wildman–Crippen LogP) is 1.17. The van der Waals surface area contributed by atoms with Gasteiger partial charge in [-0.2, -0.15) is 0 Å². The third kappa shape index (κ3) is 2.79. The van der Waals surface area contributed by atoms with Gasteiger partial charge < -0.3 is 9.84 Å². The van der Waals surface area contributed by atoms with Gasteiger partial charge >= 0.3 is 0 Å². The van der Waals surface area contributed by atoms with E-state index in [0.29, 0.717) is 6.04 Å². The first kappa shape index (κ1) is 10.6. The van der Waals surface area contributed by atoms with Gasteiger partial charge in [-0.1, -0.05) is 5.16 Å². The minimum Gasteiger partial charge on any atom is -0.361 e. The van der Waals surface area contributed by atoms with Gasteiger partial charge in [0.1, 0.15) is 5.76 Å². The quantitative estimate of drug-likeness (QED) is 0.811. The summed E-state index contributed by atoms with van der Waals surface area (Å²) in [7, 11) is 2.17. The summed E-state index contributed by atoms with van der Waals surface area (Å²) in [6, 6.07) is 2.70. The highest BCUT2D eigenvalue weighted by molar-refractivity contribution is 5.03. The van der Waals surface area contributed by atoms with Gasteiger partial charge in [-0.05, 0) is 39.9 Å². The van der Waals surface area contributed by atoms with Crippen LogP contribution in [0, 0.1) is 6.92 Å². The Balaban J connectivity index is 1.88. The van der Waals surface area contributed by atoms with Gasteiger partial charge in [0.25, 0.3) is 0 Å². The number of hydrogen-bond donors (Lipinski definition) is 1. The molecule has 0 bridgehead atoms. The van der Waals surface area contributed by atoms with Crippen LogP contribution in [0.4, 0.5) is 0 Å². The van der Waals surface area contributed by atoms with E-state index in [4.69, 9.17) is 4.52 Å². The number of aromatic nitrogens is 1. The summed E-state index contributed by atoms with van der Waals surface area (Å²) in [4.78, 5) is 2.37. The average molecular weight is 209 g/mol. The van der Waals surface area contributed by atoms with Crippen molar-refractivity contribution in [2.45, 2.75) is 32.4 Å². The standard InChI is InChI=1S/C11H19N3O/c1-9-7-10(13-15-9)8-14(2)11-3-5-12-6-4-11/h7,11-12H,3-6,8H2,1-2H3. The second kappa shape index (κ2) is 4.77. The van der Waals surface area contributed by atoms with Crippen molar-refractivity contribution in [2.24, 2.45) is 0 Å². The lowest BCUT2D eigenvalue weighted by molar-refractivity contribution is 0.187. The molecule has 1 saturated heterocycles. The van der Waals surface area contributed by atoms with E-state index in [1.54, 1.807) is 0 Å². The van der Waals surface area contributed by atoms with Gasteiger partial charge in [-0.3, -0.25) is 4.90 Å². The third-order valence-electron chi connectivity index (χ3n) is 3.02. The number of hydrogen-bond acceptors (Lipinski definition) is 4. The van der Waals surface area contributed by atoms with Crippen molar-refractivity contribution < 1.29 is 4.52 Å². The van der Waals surface area contributed by atoms with E-state index in [0.717, 1.165) is 31.1 Å². The topological polar surface area (TPSA) is 41.3 Å². The average Bonchev–Trinajstić information content (AvgIpc) is 2.65. The zero-order valence-electron chi connectivity index (χ0n) is 9.49. The molecule has 0 aromatic carbocycles. The van der Waals surface area contributed by atoms with Crippen LogP contribution in [-0.4, -0.2) is 36.2 Å². The second-order valence-corrected chi connectivity index (χ2v) is 4.33. The Bertz CT molecular complexity index is 305. The fraction of sp³-hybridized carbons (Fsp3) is 0.727. The molecule has 2 rings (SSSR count). The summed E-state index contributed by atoms with van der Waals surface area (Å²) >= 11 is 0. The number of piperidine rings is 1. The van der Waals surface area contributed by atoms with Crippen molar-refractivity contribution in [3.8, 4) is 0 Å². The molecule has 1 aliphatic heterocycles. The molecule has 1 fully saturated rings. The van der Waals surface area contributed by atoms with Crippen molar-refractivity contribution in [1.29, 1.82) is 0 Å². The summed E-state index contributed by atoms with van der Waals surface area (Å²) in [5, 5.41) is 7.40. The molecule has 0 radical (unpaired) electrons. The first-order valence-corrected chi connectivity index (χ1v) is 5.59. The molecule has 0 unspecified atom stereocenters. The maximum atomic E-state index is 5.06. The Kier molecular flexibility index (Phi) is 3.38. The van der Waals surface area contributed by atoms with Crippen LogP contribution < -0.4 is 5.32 Å². The van der Waals surface area contributed by atoms with Crippen molar-refractivity contribution in [1.82, 2.24) is 15.4 Å². The lowest BCUT2D eigenvalue weighted by atomic mass is 10.1. The maximum Gasteiger partial charge on any atom is 0.133 e. The molecule has 0 atom stereocenters. The highest BCUT2D eigenvalue weighted by Crippen LogP contribution is 2.13. The lowest BCUT2D eigenvalue weighted by Crippen LogP contribution is -2.40. The van der Waals surface area contributed by atoms with Gasteiger partial charge in [0.05, 0.1) is 5.69 Å². The van der Waals surface area contributed by atoms with Crippen LogP contribution in [-0.2, 0) is 6.54 Å². The van der Waals surface area contributed by atoms with Crippen molar-refractivity contribution in [3.63, 3.8) is 0 Å². The van der Waals surface area contributed by atoms with E-state index in [1.165, 1.54) is 12.8 Å². The molecule has 1 aliphatic rings. The Morgan fingerprint density at radius 3 is 2.87 bits per heavy atom. The SMILES string of the molecule is Cc1cc(CN(C)C2CCNCC2)no1. The van der Waals surface area contributed by atoms with E-state index < -0.39 is 0 Å². The van der Waals surface area contributed by atoms with E-state index in [-0.39, 0.29) is 0 Å². The molecule has 0 saturated carbocycles. The molecular weight excluding hydrogens is 190 g/mol. The molecule has 4 nitrogen and oxygen atoms in total. The number of nitrogens with one attached hydrogen (secondary N) is 1. The molecule has 2 heterocycles. The maximum absolute atomic E-state index is 5.06. The first-order chi connectivity index (χ1) is 7.25. The van der Waals surface area contributed by atoms with E-state index in [2.05, 4.69) is 22.4 Å². The molecule has 0 amide bonds. The van der Waals surface area contributed by atoms with Crippen molar-refractivity contribution in [3.05, 3.63) is 17.5 Å². The molecule has 4 heteroatoms. The third-order valence-corrected chi connectivity index (χ3v) is 3.02. The zero-order valence-corrected chi connectivity index (χ0v) is 9.49. The molecule has 1 aromatic heterocycles. The van der Waals surface area contributed by atoms with Gasteiger partial charge in [-0.25, -0.2) is 0 Å². The summed E-state index contributed by atoms with van der Waals surface area (Å²) in [6.45, 7) is 5.09. The van der Waals surface area contributed by atoms with Gasteiger partial charge in [0.15, 0.2) is 0 Å². The summed E-state index contributed by atoms with van der Waals surface area (Å²) in [6.07, 6.45) is 2.46. The van der Waals surface area contributed by atoms with Crippen LogP contribution >= 0.6 is 0 Å². The second-order valence-electron chi connectivity index (χ2n) is 4.33. The van der Waals surface area contributed by atoms with Gasteiger partial charge in [-0.15, -0.1) is 0 Å². The molecule has 0 aliphatic carbocycles. The number of rotatable bonds is 3. The van der Waals surface area contributed by atoms with Gasteiger partial charge in [0, 0.05) is 18.7 Å². The number of nitrogens with zero attached hydrogens (tertiary/aromatic N) is 2. The van der Waals surface area contributed by atoms with Crippen LogP contribution in [0.25, 0.3) is 0 Å². The Labute approximate surface area is 90.6 Å². The normalized spacial score (nSPS) is 18.6. The van der Waals surface area contributed by atoms with Gasteiger partial charge in [0.2, 0.25) is 0 Å². The minimum atomic E-state index is 0.684. The minimum absolute atomic E-state index is 0.684. The first-order valence-electron chi connectivity index (χ1n) is 5.59. The Morgan fingerprint density at radius 1 is 1.53 bits per heavy atom. The van der Waals surface area contributed by atoms with E-state index >= 15 is 0 Å². The van der Waals surface area contributed by atoms with Crippen LogP contribution in [0.2, 0.25) is 0 Å². The number of aryl methyl sites for hydroxylation is 1. The zero-order chi connectivity index (χ0) is 10.7.